The van der Waals surface area contributed by atoms with Gasteiger partial charge in [-0.1, -0.05) is 30.3 Å². The molecule has 1 fully saturated rings. The summed E-state index contributed by atoms with van der Waals surface area (Å²) in [5, 5.41) is 2.80. The first-order valence-electron chi connectivity index (χ1n) is 4.34. The molecule has 0 saturated carbocycles. The first kappa shape index (κ1) is 8.10. The first-order valence-corrected chi connectivity index (χ1v) is 4.34. The lowest BCUT2D eigenvalue weighted by Crippen LogP contribution is -2.25. The molecule has 0 bridgehead atoms. The highest BCUT2D eigenvalue weighted by Gasteiger charge is 2.27. The number of urea groups is 1. The van der Waals surface area contributed by atoms with Gasteiger partial charge < -0.3 is 10.2 Å². The summed E-state index contributed by atoms with van der Waals surface area (Å²) >= 11 is 0. The molecule has 0 aliphatic carbocycles. The zero-order chi connectivity index (χ0) is 9.26. The molecule has 1 atom stereocenters. The Morgan fingerprint density at radius 2 is 2.08 bits per heavy atom. The van der Waals surface area contributed by atoms with Crippen LogP contribution in [0.2, 0.25) is 0 Å². The number of nitrogens with zero attached hydrogens (tertiary/aromatic N) is 1. The van der Waals surface area contributed by atoms with Crippen molar-refractivity contribution in [3.63, 3.8) is 0 Å². The van der Waals surface area contributed by atoms with Gasteiger partial charge in [0.2, 0.25) is 0 Å². The summed E-state index contributed by atoms with van der Waals surface area (Å²) in [7, 11) is 1.82. The van der Waals surface area contributed by atoms with Crippen molar-refractivity contribution in [3.05, 3.63) is 35.9 Å². The molecule has 1 saturated heterocycles. The molecule has 3 nitrogen and oxygen atoms in total. The van der Waals surface area contributed by atoms with E-state index in [1.54, 1.807) is 4.90 Å². The topological polar surface area (TPSA) is 32.3 Å². The van der Waals surface area contributed by atoms with Crippen molar-refractivity contribution in [2.45, 2.75) is 6.04 Å². The van der Waals surface area contributed by atoms with Crippen molar-refractivity contribution >= 4 is 6.03 Å². The minimum absolute atomic E-state index is 0.00820. The lowest BCUT2D eigenvalue weighted by atomic mass is 10.1. The minimum atomic E-state index is 0.00820. The highest BCUT2D eigenvalue weighted by molar-refractivity contribution is 5.76. The van der Waals surface area contributed by atoms with Gasteiger partial charge in [0.05, 0.1) is 6.04 Å². The quantitative estimate of drug-likeness (QED) is 0.689. The van der Waals surface area contributed by atoms with Crippen LogP contribution in [0, 0.1) is 0 Å². The molecule has 2 amide bonds. The van der Waals surface area contributed by atoms with E-state index < -0.39 is 0 Å². The smallest absolute Gasteiger partial charge is 0.317 e. The Bertz CT molecular complexity index is 310. The zero-order valence-electron chi connectivity index (χ0n) is 7.53. The van der Waals surface area contributed by atoms with Gasteiger partial charge in [-0.2, -0.15) is 0 Å². The van der Waals surface area contributed by atoms with Crippen molar-refractivity contribution in [2.24, 2.45) is 0 Å². The van der Waals surface area contributed by atoms with Crippen molar-refractivity contribution in [1.29, 1.82) is 0 Å². The summed E-state index contributed by atoms with van der Waals surface area (Å²) in [4.78, 5) is 12.9. The van der Waals surface area contributed by atoms with Crippen LogP contribution >= 0.6 is 0 Å². The largest absolute Gasteiger partial charge is 0.336 e. The second-order valence-corrected chi connectivity index (χ2v) is 3.22. The summed E-state index contributed by atoms with van der Waals surface area (Å²) < 4.78 is 0. The van der Waals surface area contributed by atoms with E-state index in [9.17, 15) is 4.79 Å². The Labute approximate surface area is 77.4 Å². The van der Waals surface area contributed by atoms with Crippen LogP contribution in [-0.4, -0.2) is 24.5 Å². The predicted molar refractivity (Wildman–Crippen MR) is 50.3 cm³/mol. The number of hydrogen-bond donors (Lipinski definition) is 1. The van der Waals surface area contributed by atoms with Crippen LogP contribution in [-0.2, 0) is 0 Å². The highest BCUT2D eigenvalue weighted by Crippen LogP contribution is 2.21. The van der Waals surface area contributed by atoms with E-state index in [0.717, 1.165) is 0 Å². The third-order valence-corrected chi connectivity index (χ3v) is 2.42. The van der Waals surface area contributed by atoms with Gasteiger partial charge in [-0.25, -0.2) is 4.79 Å². The van der Waals surface area contributed by atoms with Gasteiger partial charge in [-0.15, -0.1) is 0 Å². The maximum Gasteiger partial charge on any atom is 0.317 e. The van der Waals surface area contributed by atoms with Gasteiger partial charge in [0.1, 0.15) is 0 Å². The number of nitrogens with one attached hydrogen (secondary N) is 1. The average molecular weight is 176 g/mol. The molecule has 1 aromatic carbocycles. The monoisotopic (exact) mass is 176 g/mol. The standard InChI is InChI=1S/C10H12N2O/c1-12-9(7-11-10(12)13)8-5-3-2-4-6-8/h2-6,9H,7H2,1H3,(H,11,13)/t9-/m0/s1. The number of likely N-dealkylation sites (N-methyl/N-ethyl adjacent to an activating group) is 1. The Kier molecular flexibility index (Phi) is 1.93. The third-order valence-electron chi connectivity index (χ3n) is 2.42. The molecule has 2 rings (SSSR count). The van der Waals surface area contributed by atoms with Crippen LogP contribution in [0.5, 0.6) is 0 Å². The Morgan fingerprint density at radius 3 is 2.62 bits per heavy atom. The summed E-state index contributed by atoms with van der Waals surface area (Å²) in [6.45, 7) is 0.708. The Balaban J connectivity index is 2.24. The molecule has 0 unspecified atom stereocenters. The molecule has 1 heterocycles. The molecular weight excluding hydrogens is 164 g/mol. The van der Waals surface area contributed by atoms with Gasteiger partial charge in [-0.3, -0.25) is 0 Å². The fourth-order valence-electron chi connectivity index (χ4n) is 1.60. The van der Waals surface area contributed by atoms with E-state index in [2.05, 4.69) is 5.32 Å². The second-order valence-electron chi connectivity index (χ2n) is 3.22. The molecule has 1 N–H and O–H groups in total. The fraction of sp³-hybridized carbons (Fsp3) is 0.300. The van der Waals surface area contributed by atoms with Crippen LogP contribution in [0.4, 0.5) is 4.79 Å². The number of carbonyl (C=O) groups excluding carboxylic acids is 1. The summed E-state index contributed by atoms with van der Waals surface area (Å²) in [5.41, 5.74) is 1.18. The number of amides is 2. The summed E-state index contributed by atoms with van der Waals surface area (Å²) in [6, 6.07) is 10.2. The highest BCUT2D eigenvalue weighted by atomic mass is 16.2. The second kappa shape index (κ2) is 3.09. The number of rotatable bonds is 1. The van der Waals surface area contributed by atoms with Gasteiger partial charge in [0.25, 0.3) is 0 Å². The molecule has 0 radical (unpaired) electrons. The van der Waals surface area contributed by atoms with Crippen LogP contribution in [0.15, 0.2) is 30.3 Å². The van der Waals surface area contributed by atoms with Gasteiger partial charge in [0.15, 0.2) is 0 Å². The fourth-order valence-corrected chi connectivity index (χ4v) is 1.60. The lowest BCUT2D eigenvalue weighted by molar-refractivity contribution is 0.217. The number of carbonyl (C=O) groups is 1. The van der Waals surface area contributed by atoms with Crippen LogP contribution < -0.4 is 5.32 Å². The van der Waals surface area contributed by atoms with Crippen molar-refractivity contribution in [1.82, 2.24) is 10.2 Å². The molecule has 1 aliphatic heterocycles. The van der Waals surface area contributed by atoms with E-state index >= 15 is 0 Å². The maximum absolute atomic E-state index is 11.2. The van der Waals surface area contributed by atoms with Crippen LogP contribution in [0.3, 0.4) is 0 Å². The first-order chi connectivity index (χ1) is 6.29. The van der Waals surface area contributed by atoms with E-state index in [0.29, 0.717) is 6.54 Å². The molecule has 3 heteroatoms. The van der Waals surface area contributed by atoms with Gasteiger partial charge in [0, 0.05) is 13.6 Å². The molecule has 13 heavy (non-hydrogen) atoms. The van der Waals surface area contributed by atoms with E-state index in [4.69, 9.17) is 0 Å². The predicted octanol–water partition coefficient (Wildman–Crippen LogP) is 1.38. The van der Waals surface area contributed by atoms with E-state index in [-0.39, 0.29) is 12.1 Å². The normalized spacial score (nSPS) is 21.8. The molecule has 1 aromatic rings. The lowest BCUT2D eigenvalue weighted by Gasteiger charge is -2.17. The van der Waals surface area contributed by atoms with Crippen LogP contribution in [0.25, 0.3) is 0 Å². The number of benzene rings is 1. The SMILES string of the molecule is CN1C(=O)NC[C@H]1c1ccccc1. The average Bonchev–Trinajstić information content (AvgIpc) is 2.49. The molecule has 1 aliphatic rings. The molecular formula is C10H12N2O. The molecule has 0 spiro atoms. The Hall–Kier alpha value is -1.51. The van der Waals surface area contributed by atoms with E-state index in [1.807, 2.05) is 37.4 Å². The van der Waals surface area contributed by atoms with Gasteiger partial charge in [-0.05, 0) is 5.56 Å². The third kappa shape index (κ3) is 1.37. The summed E-state index contributed by atoms with van der Waals surface area (Å²) in [6.07, 6.45) is 0. The Morgan fingerprint density at radius 1 is 1.38 bits per heavy atom. The maximum atomic E-state index is 11.2. The van der Waals surface area contributed by atoms with Gasteiger partial charge >= 0.3 is 6.03 Å². The van der Waals surface area contributed by atoms with Crippen molar-refractivity contribution < 1.29 is 4.79 Å². The van der Waals surface area contributed by atoms with E-state index in [1.165, 1.54) is 5.56 Å². The van der Waals surface area contributed by atoms with Crippen molar-refractivity contribution in [2.75, 3.05) is 13.6 Å². The molecule has 68 valence electrons. The summed E-state index contributed by atoms with van der Waals surface area (Å²) in [5.74, 6) is 0. The minimum Gasteiger partial charge on any atom is -0.336 e. The van der Waals surface area contributed by atoms with Crippen LogP contribution in [0.1, 0.15) is 11.6 Å². The number of hydrogen-bond acceptors (Lipinski definition) is 1. The molecule has 0 aromatic heterocycles. The zero-order valence-corrected chi connectivity index (χ0v) is 7.53. The van der Waals surface area contributed by atoms with Crippen molar-refractivity contribution in [3.8, 4) is 0 Å².